The Morgan fingerprint density at radius 2 is 1.86 bits per heavy atom. The number of hydrogen-bond acceptors (Lipinski definition) is 3. The summed E-state index contributed by atoms with van der Waals surface area (Å²) in [5, 5.41) is 8.96. The second-order valence-electron chi connectivity index (χ2n) is 2.96. The fourth-order valence-corrected chi connectivity index (χ4v) is 2.22. The van der Waals surface area contributed by atoms with E-state index >= 15 is 0 Å². The molecule has 6 heteroatoms. The Labute approximate surface area is 87.5 Å². The van der Waals surface area contributed by atoms with Crippen molar-refractivity contribution < 1.29 is 13.6 Å². The number of sulfonamides is 1. The zero-order valence-electron chi connectivity index (χ0n) is 7.70. The van der Waals surface area contributed by atoms with Gasteiger partial charge in [-0.25, -0.2) is 8.42 Å². The van der Waals surface area contributed by atoms with Gasteiger partial charge in [0.15, 0.2) is 0 Å². The molecule has 0 spiro atoms. The van der Waals surface area contributed by atoms with E-state index in [0.29, 0.717) is 16.1 Å². The van der Waals surface area contributed by atoms with Crippen LogP contribution >= 0.6 is 11.6 Å². The van der Waals surface area contributed by atoms with Crippen LogP contribution in [0, 0.1) is 13.8 Å². The van der Waals surface area contributed by atoms with E-state index in [-0.39, 0.29) is 4.90 Å². The van der Waals surface area contributed by atoms with E-state index in [1.54, 1.807) is 19.9 Å². The minimum absolute atomic E-state index is 0.0295. The molecule has 1 rings (SSSR count). The van der Waals surface area contributed by atoms with Gasteiger partial charge in [-0.1, -0.05) is 16.5 Å². The highest BCUT2D eigenvalue weighted by Crippen LogP contribution is 2.23. The van der Waals surface area contributed by atoms with Crippen LogP contribution in [0.3, 0.4) is 0 Å². The van der Waals surface area contributed by atoms with E-state index in [9.17, 15) is 8.42 Å². The lowest BCUT2D eigenvalue weighted by Crippen LogP contribution is -2.20. The van der Waals surface area contributed by atoms with Gasteiger partial charge in [0.05, 0.1) is 4.90 Å². The lowest BCUT2D eigenvalue weighted by atomic mass is 10.2. The first-order chi connectivity index (χ1) is 6.38. The molecule has 0 amide bonds. The quantitative estimate of drug-likeness (QED) is 0.766. The smallest absolute Gasteiger partial charge is 0.262 e. The predicted octanol–water partition coefficient (Wildman–Crippen LogP) is 1.62. The summed E-state index contributed by atoms with van der Waals surface area (Å²) in [6.07, 6.45) is 0. The summed E-state index contributed by atoms with van der Waals surface area (Å²) < 4.78 is 22.6. The number of rotatable bonds is 2. The van der Waals surface area contributed by atoms with Gasteiger partial charge >= 0.3 is 0 Å². The SMILES string of the molecule is Cc1cc(S(=O)(=O)NO)c(C)cc1Cl. The summed E-state index contributed by atoms with van der Waals surface area (Å²) in [6.45, 7) is 3.30. The molecule has 0 fully saturated rings. The molecule has 0 bridgehead atoms. The average Bonchev–Trinajstić information content (AvgIpc) is 2.11. The normalized spacial score (nSPS) is 11.7. The molecule has 1 aromatic rings. The van der Waals surface area contributed by atoms with Crippen molar-refractivity contribution in [3.8, 4) is 0 Å². The van der Waals surface area contributed by atoms with Crippen molar-refractivity contribution in [2.75, 3.05) is 0 Å². The molecule has 4 nitrogen and oxygen atoms in total. The summed E-state index contributed by atoms with van der Waals surface area (Å²) in [5.74, 6) is 0. The third-order valence-corrected chi connectivity index (χ3v) is 3.53. The number of nitrogens with one attached hydrogen (secondary N) is 1. The minimum Gasteiger partial charge on any atom is -0.302 e. The van der Waals surface area contributed by atoms with E-state index in [4.69, 9.17) is 16.8 Å². The molecule has 0 aliphatic carbocycles. The summed E-state index contributed by atoms with van der Waals surface area (Å²) >= 11 is 5.80. The number of hydrogen-bond donors (Lipinski definition) is 2. The van der Waals surface area contributed by atoms with E-state index < -0.39 is 10.0 Å². The van der Waals surface area contributed by atoms with Crippen LogP contribution in [0.2, 0.25) is 5.02 Å². The maximum atomic E-state index is 11.3. The molecule has 0 saturated heterocycles. The maximum Gasteiger partial charge on any atom is 0.262 e. The summed E-state index contributed by atoms with van der Waals surface area (Å²) in [4.78, 5) is 1.30. The zero-order valence-corrected chi connectivity index (χ0v) is 9.28. The Kier molecular flexibility index (Phi) is 3.16. The summed E-state index contributed by atoms with van der Waals surface area (Å²) in [7, 11) is -3.82. The lowest BCUT2D eigenvalue weighted by Gasteiger charge is -2.07. The Morgan fingerprint density at radius 3 is 2.36 bits per heavy atom. The van der Waals surface area contributed by atoms with Gasteiger partial charge in [0.2, 0.25) is 0 Å². The van der Waals surface area contributed by atoms with Crippen molar-refractivity contribution in [3.63, 3.8) is 0 Å². The van der Waals surface area contributed by atoms with Crippen molar-refractivity contribution >= 4 is 21.6 Å². The average molecular weight is 236 g/mol. The summed E-state index contributed by atoms with van der Waals surface area (Å²) in [6, 6.07) is 2.96. The van der Waals surface area contributed by atoms with Crippen molar-refractivity contribution in [2.45, 2.75) is 18.7 Å². The Hall–Kier alpha value is -0.620. The fourth-order valence-electron chi connectivity index (χ4n) is 1.09. The molecule has 2 N–H and O–H groups in total. The molecule has 0 aliphatic heterocycles. The molecule has 0 unspecified atom stereocenters. The van der Waals surface area contributed by atoms with Crippen molar-refractivity contribution in [3.05, 3.63) is 28.3 Å². The van der Waals surface area contributed by atoms with Gasteiger partial charge in [-0.2, -0.15) is 0 Å². The Morgan fingerprint density at radius 1 is 1.29 bits per heavy atom. The Balaban J connectivity index is 3.45. The number of halogens is 1. The second kappa shape index (κ2) is 3.86. The highest BCUT2D eigenvalue weighted by atomic mass is 35.5. The number of benzene rings is 1. The van der Waals surface area contributed by atoms with E-state index in [2.05, 4.69) is 0 Å². The molecule has 0 atom stereocenters. The van der Waals surface area contributed by atoms with Crippen LogP contribution in [0.1, 0.15) is 11.1 Å². The molecule has 0 aromatic heterocycles. The van der Waals surface area contributed by atoms with Gasteiger partial charge in [0, 0.05) is 5.02 Å². The molecule has 78 valence electrons. The molecular formula is C8H10ClNO3S. The van der Waals surface area contributed by atoms with Gasteiger partial charge in [-0.15, -0.1) is 0 Å². The third-order valence-electron chi connectivity index (χ3n) is 1.87. The topological polar surface area (TPSA) is 66.4 Å². The molecule has 0 radical (unpaired) electrons. The standard InChI is InChI=1S/C8H10ClNO3S/c1-5-4-8(14(12,13)10-11)6(2)3-7(5)9/h3-4,10-11H,1-2H3. The monoisotopic (exact) mass is 235 g/mol. The highest BCUT2D eigenvalue weighted by Gasteiger charge is 2.16. The summed E-state index contributed by atoms with van der Waals surface area (Å²) in [5.41, 5.74) is 1.13. The molecule has 0 heterocycles. The van der Waals surface area contributed by atoms with Crippen molar-refractivity contribution in [1.82, 2.24) is 4.89 Å². The Bertz CT molecular complexity index is 456. The van der Waals surface area contributed by atoms with E-state index in [1.165, 1.54) is 11.0 Å². The molecule has 0 saturated carbocycles. The zero-order chi connectivity index (χ0) is 10.9. The van der Waals surface area contributed by atoms with Crippen molar-refractivity contribution in [1.29, 1.82) is 0 Å². The fraction of sp³-hybridized carbons (Fsp3) is 0.250. The molecular weight excluding hydrogens is 226 g/mol. The van der Waals surface area contributed by atoms with Crippen LogP contribution in [0.4, 0.5) is 0 Å². The first kappa shape index (κ1) is 11.5. The maximum absolute atomic E-state index is 11.3. The van der Waals surface area contributed by atoms with Gasteiger partial charge in [0.25, 0.3) is 10.0 Å². The van der Waals surface area contributed by atoms with Crippen LogP contribution in [0.15, 0.2) is 17.0 Å². The van der Waals surface area contributed by atoms with Gasteiger partial charge in [-0.3, -0.25) is 0 Å². The van der Waals surface area contributed by atoms with Crippen LogP contribution in [-0.2, 0) is 10.0 Å². The number of aryl methyl sites for hydroxylation is 2. The van der Waals surface area contributed by atoms with Crippen LogP contribution < -0.4 is 4.89 Å². The third kappa shape index (κ3) is 2.06. The van der Waals surface area contributed by atoms with E-state index in [1.807, 2.05) is 0 Å². The van der Waals surface area contributed by atoms with E-state index in [0.717, 1.165) is 0 Å². The van der Waals surface area contributed by atoms with Gasteiger partial charge in [0.1, 0.15) is 0 Å². The van der Waals surface area contributed by atoms with Crippen LogP contribution in [-0.4, -0.2) is 13.6 Å². The first-order valence-corrected chi connectivity index (χ1v) is 5.67. The molecule has 0 aliphatic rings. The first-order valence-electron chi connectivity index (χ1n) is 3.81. The molecule has 14 heavy (non-hydrogen) atoms. The minimum atomic E-state index is -3.82. The van der Waals surface area contributed by atoms with Crippen LogP contribution in [0.25, 0.3) is 0 Å². The van der Waals surface area contributed by atoms with Crippen molar-refractivity contribution in [2.24, 2.45) is 0 Å². The van der Waals surface area contributed by atoms with Gasteiger partial charge < -0.3 is 5.21 Å². The van der Waals surface area contributed by atoms with Crippen LogP contribution in [0.5, 0.6) is 0 Å². The lowest BCUT2D eigenvalue weighted by molar-refractivity contribution is 0.242. The largest absolute Gasteiger partial charge is 0.302 e. The second-order valence-corrected chi connectivity index (χ2v) is 5.00. The molecule has 1 aromatic carbocycles. The highest BCUT2D eigenvalue weighted by molar-refractivity contribution is 7.89. The van der Waals surface area contributed by atoms with Gasteiger partial charge in [-0.05, 0) is 37.1 Å². The predicted molar refractivity (Wildman–Crippen MR) is 53.0 cm³/mol.